The van der Waals surface area contributed by atoms with Crippen molar-refractivity contribution in [3.8, 4) is 0 Å². The van der Waals surface area contributed by atoms with Gasteiger partial charge in [0.1, 0.15) is 10.5 Å². The summed E-state index contributed by atoms with van der Waals surface area (Å²) >= 11 is 12.9. The van der Waals surface area contributed by atoms with Gasteiger partial charge < -0.3 is 15.0 Å². The molecule has 0 saturated carbocycles. The van der Waals surface area contributed by atoms with E-state index in [2.05, 4.69) is 10.2 Å². The van der Waals surface area contributed by atoms with Crippen LogP contribution < -0.4 is 5.32 Å². The summed E-state index contributed by atoms with van der Waals surface area (Å²) in [6, 6.07) is 6.12. The van der Waals surface area contributed by atoms with Gasteiger partial charge in [0.2, 0.25) is 0 Å². The number of ether oxygens (including phenoxy) is 1. The molecule has 0 spiro atoms. The Labute approximate surface area is 179 Å². The number of halogens is 1. The van der Waals surface area contributed by atoms with Gasteiger partial charge in [-0.2, -0.15) is 5.06 Å². The normalized spacial score (nSPS) is 22.4. The molecule has 0 bridgehead atoms. The van der Waals surface area contributed by atoms with Crippen LogP contribution in [0.5, 0.6) is 0 Å². The van der Waals surface area contributed by atoms with Crippen molar-refractivity contribution in [2.24, 2.45) is 0 Å². The van der Waals surface area contributed by atoms with Crippen molar-refractivity contribution >= 4 is 51.6 Å². The van der Waals surface area contributed by atoms with Crippen LogP contribution in [0.2, 0.25) is 5.02 Å². The molecule has 1 aromatic rings. The predicted molar refractivity (Wildman–Crippen MR) is 116 cm³/mol. The fourth-order valence-electron chi connectivity index (χ4n) is 3.35. The Kier molecular flexibility index (Phi) is 7.06. The molecule has 10 heteroatoms. The van der Waals surface area contributed by atoms with Crippen molar-refractivity contribution in [1.82, 2.24) is 14.9 Å². The van der Waals surface area contributed by atoms with Crippen LogP contribution in [-0.2, 0) is 4.74 Å². The molecule has 2 heterocycles. The number of benzene rings is 1. The van der Waals surface area contributed by atoms with E-state index in [0.717, 1.165) is 37.9 Å². The van der Waals surface area contributed by atoms with Gasteiger partial charge in [-0.05, 0) is 38.1 Å². The van der Waals surface area contributed by atoms with Crippen LogP contribution >= 0.6 is 35.6 Å². The molecule has 0 radical (unpaired) electrons. The molecule has 1 atom stereocenters. The van der Waals surface area contributed by atoms with Gasteiger partial charge in [0, 0.05) is 36.9 Å². The van der Waals surface area contributed by atoms with Crippen LogP contribution in [0.3, 0.4) is 0 Å². The molecule has 0 aliphatic carbocycles. The van der Waals surface area contributed by atoms with E-state index < -0.39 is 16.9 Å². The first-order valence-corrected chi connectivity index (χ1v) is 10.7. The summed E-state index contributed by atoms with van der Waals surface area (Å²) in [4.78, 5) is 16.9. The van der Waals surface area contributed by atoms with Gasteiger partial charge in [-0.15, -0.1) is 0 Å². The van der Waals surface area contributed by atoms with Gasteiger partial charge in [-0.1, -0.05) is 35.6 Å². The third kappa shape index (κ3) is 5.08. The third-order valence-corrected chi connectivity index (χ3v) is 6.68. The number of anilines is 1. The fraction of sp³-hybridized carbons (Fsp3) is 0.556. The van der Waals surface area contributed by atoms with Gasteiger partial charge >= 0.3 is 6.03 Å². The molecule has 2 aliphatic heterocycles. The smallest absolute Gasteiger partial charge is 0.347 e. The molecule has 3 rings (SSSR count). The SMILES string of the molecule is CC1(C)SC(=S)N(CCN2CCOCC2)[C@@H]1N(O)C(=O)Nc1ccc(Cl)cc1. The molecule has 154 valence electrons. The maximum absolute atomic E-state index is 12.7. The summed E-state index contributed by atoms with van der Waals surface area (Å²) in [6.45, 7) is 8.58. The second kappa shape index (κ2) is 9.15. The summed E-state index contributed by atoms with van der Waals surface area (Å²) in [5, 5.41) is 14.8. The average molecular weight is 445 g/mol. The Morgan fingerprint density at radius 3 is 2.64 bits per heavy atom. The molecule has 1 aromatic carbocycles. The molecule has 2 amide bonds. The lowest BCUT2D eigenvalue weighted by Gasteiger charge is -2.38. The minimum absolute atomic E-state index is 0.450. The Balaban J connectivity index is 1.68. The second-order valence-corrected chi connectivity index (χ2v) is 10.00. The van der Waals surface area contributed by atoms with Gasteiger partial charge in [0.05, 0.1) is 18.0 Å². The number of nitrogens with one attached hydrogen (secondary N) is 1. The molecule has 28 heavy (non-hydrogen) atoms. The van der Waals surface area contributed by atoms with Crippen molar-refractivity contribution in [3.05, 3.63) is 29.3 Å². The number of rotatable bonds is 5. The molecular formula is C18H25ClN4O3S2. The van der Waals surface area contributed by atoms with Gasteiger partial charge in [-0.25, -0.2) is 4.79 Å². The average Bonchev–Trinajstić information content (AvgIpc) is 2.89. The Morgan fingerprint density at radius 2 is 2.00 bits per heavy atom. The topological polar surface area (TPSA) is 68.3 Å². The zero-order valence-corrected chi connectivity index (χ0v) is 18.3. The van der Waals surface area contributed by atoms with Crippen molar-refractivity contribution in [3.63, 3.8) is 0 Å². The van der Waals surface area contributed by atoms with E-state index in [9.17, 15) is 10.0 Å². The van der Waals surface area contributed by atoms with Gasteiger partial charge in [0.15, 0.2) is 0 Å². The molecule has 0 aromatic heterocycles. The van der Waals surface area contributed by atoms with E-state index in [1.165, 1.54) is 11.8 Å². The van der Waals surface area contributed by atoms with Crippen molar-refractivity contribution in [1.29, 1.82) is 0 Å². The molecule has 2 N–H and O–H groups in total. The zero-order valence-electron chi connectivity index (χ0n) is 15.9. The maximum atomic E-state index is 12.7. The number of morpholine rings is 1. The summed E-state index contributed by atoms with van der Waals surface area (Å²) in [7, 11) is 0. The molecular weight excluding hydrogens is 420 g/mol. The number of thioether (sulfide) groups is 1. The number of nitrogens with zero attached hydrogens (tertiary/aromatic N) is 3. The highest BCUT2D eigenvalue weighted by atomic mass is 35.5. The van der Waals surface area contributed by atoms with Gasteiger partial charge in [-0.3, -0.25) is 10.1 Å². The van der Waals surface area contributed by atoms with Crippen LogP contribution in [-0.4, -0.2) is 80.7 Å². The molecule has 7 nitrogen and oxygen atoms in total. The number of hydrogen-bond donors (Lipinski definition) is 2. The van der Waals surface area contributed by atoms with E-state index in [4.69, 9.17) is 28.6 Å². The number of carbonyl (C=O) groups is 1. The summed E-state index contributed by atoms with van der Waals surface area (Å²) in [6.07, 6.45) is -0.571. The largest absolute Gasteiger partial charge is 0.379 e. The van der Waals surface area contributed by atoms with E-state index in [-0.39, 0.29) is 0 Å². The Bertz CT molecular complexity index is 713. The predicted octanol–water partition coefficient (Wildman–Crippen LogP) is 3.33. The van der Waals surface area contributed by atoms with Crippen LogP contribution in [0.15, 0.2) is 24.3 Å². The molecule has 2 aliphatic rings. The number of urea groups is 1. The van der Waals surface area contributed by atoms with E-state index >= 15 is 0 Å². The molecule has 2 fully saturated rings. The number of thiocarbonyl (C=S) groups is 1. The van der Waals surface area contributed by atoms with E-state index in [0.29, 0.717) is 21.6 Å². The zero-order chi connectivity index (χ0) is 20.3. The number of amides is 2. The fourth-order valence-corrected chi connectivity index (χ4v) is 5.40. The quantitative estimate of drug-likeness (QED) is 0.410. The van der Waals surface area contributed by atoms with Crippen molar-refractivity contribution in [2.45, 2.75) is 24.8 Å². The highest BCUT2D eigenvalue weighted by Crippen LogP contribution is 2.42. The minimum atomic E-state index is -0.609. The molecule has 0 unspecified atom stereocenters. The van der Waals surface area contributed by atoms with Crippen LogP contribution in [0.1, 0.15) is 13.8 Å². The Morgan fingerprint density at radius 1 is 1.36 bits per heavy atom. The lowest BCUT2D eigenvalue weighted by Crippen LogP contribution is -2.56. The summed E-state index contributed by atoms with van der Waals surface area (Å²) in [5.74, 6) is 0. The number of hydrogen-bond acceptors (Lipinski definition) is 6. The van der Waals surface area contributed by atoms with Crippen molar-refractivity contribution < 1.29 is 14.7 Å². The van der Waals surface area contributed by atoms with Crippen LogP contribution in [0.4, 0.5) is 10.5 Å². The van der Waals surface area contributed by atoms with Gasteiger partial charge in [0.25, 0.3) is 0 Å². The van der Waals surface area contributed by atoms with Crippen LogP contribution in [0.25, 0.3) is 0 Å². The summed E-state index contributed by atoms with van der Waals surface area (Å²) in [5.41, 5.74) is 0.555. The third-order valence-electron chi connectivity index (χ3n) is 4.80. The highest BCUT2D eigenvalue weighted by Gasteiger charge is 2.49. The van der Waals surface area contributed by atoms with Crippen molar-refractivity contribution in [2.75, 3.05) is 44.7 Å². The summed E-state index contributed by atoms with van der Waals surface area (Å²) < 4.78 is 5.62. The van der Waals surface area contributed by atoms with E-state index in [1.807, 2.05) is 18.7 Å². The second-order valence-electron chi connectivity index (χ2n) is 7.27. The lowest BCUT2D eigenvalue weighted by molar-refractivity contribution is -0.115. The minimum Gasteiger partial charge on any atom is -0.379 e. The molecule has 2 saturated heterocycles. The number of hydroxylamine groups is 2. The first kappa shape index (κ1) is 21.6. The first-order valence-electron chi connectivity index (χ1n) is 9.12. The number of carbonyl (C=O) groups excluding carboxylic acids is 1. The highest BCUT2D eigenvalue weighted by molar-refractivity contribution is 8.24. The lowest BCUT2D eigenvalue weighted by atomic mass is 10.1. The first-order chi connectivity index (χ1) is 13.3. The van der Waals surface area contributed by atoms with Crippen LogP contribution in [0, 0.1) is 0 Å². The Hall–Kier alpha value is -1.10. The standard InChI is InChI=1S/C18H25ClN4O3S2/c1-18(2)15(23(25)16(24)20-14-5-3-13(19)4-6-14)22(17(27)28-18)8-7-21-9-11-26-12-10-21/h3-6,15,25H,7-12H2,1-2H3,(H,20,24)/t15-/m1/s1. The maximum Gasteiger partial charge on any atom is 0.347 e. The monoisotopic (exact) mass is 444 g/mol. The van der Waals surface area contributed by atoms with E-state index in [1.54, 1.807) is 24.3 Å².